The lowest BCUT2D eigenvalue weighted by atomic mass is 10.2. The molecular weight excluding hydrogens is 448 g/mol. The molecule has 1 heterocycles. The second-order valence-corrected chi connectivity index (χ2v) is 13.7. The predicted octanol–water partition coefficient (Wildman–Crippen LogP) is 2.19. The van der Waals surface area contributed by atoms with Gasteiger partial charge in [-0.2, -0.15) is 0 Å². The molecule has 0 radical (unpaired) electrons. The molecule has 1 fully saturated rings. The topological polar surface area (TPSA) is 84.9 Å². The number of amides is 2. The number of esters is 1. The van der Waals surface area contributed by atoms with Gasteiger partial charge in [-0.3, -0.25) is 14.4 Å². The highest BCUT2D eigenvalue weighted by molar-refractivity contribution is 6.99. The summed E-state index contributed by atoms with van der Waals surface area (Å²) in [5.41, 5.74) is 0. The number of β-lactam (4-membered cyclic amide) rings is 1. The number of rotatable bonds is 10. The number of ether oxygens (including phenoxy) is 1. The van der Waals surface area contributed by atoms with Crippen LogP contribution >= 0.6 is 0 Å². The van der Waals surface area contributed by atoms with Crippen molar-refractivity contribution in [2.24, 2.45) is 0 Å². The molecule has 0 bridgehead atoms. The third-order valence-corrected chi connectivity index (χ3v) is 11.1. The molecule has 2 amide bonds. The predicted molar refractivity (Wildman–Crippen MR) is 133 cm³/mol. The molecule has 3 rings (SSSR count). The fraction of sp³-hybridized carbons (Fsp3) is 0.423. The Morgan fingerprint density at radius 3 is 2.00 bits per heavy atom. The maximum atomic E-state index is 12.5. The molecule has 7 nitrogen and oxygen atoms in total. The molecule has 2 aromatic carbocycles. The van der Waals surface area contributed by atoms with Crippen LogP contribution in [0, 0.1) is 0 Å². The molecule has 1 aliphatic heterocycles. The highest BCUT2D eigenvalue weighted by Crippen LogP contribution is 2.38. The first-order valence-corrected chi connectivity index (χ1v) is 13.5. The summed E-state index contributed by atoms with van der Waals surface area (Å²) in [7, 11) is -2.87. The Hall–Kier alpha value is -2.97. The van der Waals surface area contributed by atoms with Gasteiger partial charge in [0.15, 0.2) is 6.61 Å². The number of hydrogen-bond acceptors (Lipinski definition) is 5. The number of carbonyl (C=O) groups excluding carboxylic acids is 3. The Balaban J connectivity index is 1.93. The summed E-state index contributed by atoms with van der Waals surface area (Å²) in [6, 6.07) is 20.5. The highest BCUT2D eigenvalue weighted by Gasteiger charge is 2.52. The summed E-state index contributed by atoms with van der Waals surface area (Å²) in [6.45, 7) is 8.43. The Morgan fingerprint density at radius 2 is 1.59 bits per heavy atom. The van der Waals surface area contributed by atoms with Crippen LogP contribution in [0.2, 0.25) is 5.04 Å². The molecular formula is C26H34N2O5Si. The average Bonchev–Trinajstić information content (AvgIpc) is 2.80. The molecule has 8 heteroatoms. The van der Waals surface area contributed by atoms with Gasteiger partial charge in [0.1, 0.15) is 6.23 Å². The van der Waals surface area contributed by atoms with Gasteiger partial charge >= 0.3 is 5.97 Å². The highest BCUT2D eigenvalue weighted by atomic mass is 28.4. The summed E-state index contributed by atoms with van der Waals surface area (Å²) in [5, 5.41) is 4.80. The summed E-state index contributed by atoms with van der Waals surface area (Å²) < 4.78 is 11.9. The van der Waals surface area contributed by atoms with Gasteiger partial charge in [-0.25, -0.2) is 0 Å². The van der Waals surface area contributed by atoms with E-state index in [0.717, 1.165) is 10.4 Å². The second-order valence-electron chi connectivity index (χ2n) is 9.49. The number of likely N-dealkylation sites (tertiary alicyclic amines) is 1. The van der Waals surface area contributed by atoms with Crippen molar-refractivity contribution in [3.05, 3.63) is 60.7 Å². The molecule has 2 aromatic rings. The van der Waals surface area contributed by atoms with Crippen LogP contribution in [-0.2, 0) is 23.5 Å². The van der Waals surface area contributed by atoms with Crippen LogP contribution in [0.25, 0.3) is 0 Å². The Labute approximate surface area is 202 Å². The molecule has 1 N–H and O–H groups in total. The van der Waals surface area contributed by atoms with E-state index in [4.69, 9.17) is 9.16 Å². The minimum atomic E-state index is -2.87. The van der Waals surface area contributed by atoms with Crippen molar-refractivity contribution in [1.82, 2.24) is 10.2 Å². The molecule has 34 heavy (non-hydrogen) atoms. The van der Waals surface area contributed by atoms with Gasteiger partial charge in [-0.1, -0.05) is 81.4 Å². The second kappa shape index (κ2) is 11.0. The van der Waals surface area contributed by atoms with E-state index >= 15 is 0 Å². The van der Waals surface area contributed by atoms with Gasteiger partial charge in [0.05, 0.1) is 0 Å². The minimum absolute atomic E-state index is 0.0502. The van der Waals surface area contributed by atoms with E-state index in [2.05, 4.69) is 50.4 Å². The van der Waals surface area contributed by atoms with Crippen LogP contribution < -0.4 is 15.7 Å². The van der Waals surface area contributed by atoms with E-state index in [-0.39, 0.29) is 23.5 Å². The first kappa shape index (κ1) is 25.6. The van der Waals surface area contributed by atoms with Crippen LogP contribution in [0.5, 0.6) is 0 Å². The first-order valence-electron chi connectivity index (χ1n) is 11.6. The van der Waals surface area contributed by atoms with E-state index in [0.29, 0.717) is 25.9 Å². The summed E-state index contributed by atoms with van der Waals surface area (Å²) >= 11 is 0. The number of nitrogens with one attached hydrogen (secondary N) is 1. The van der Waals surface area contributed by atoms with Gasteiger partial charge in [-0.05, 0) is 15.4 Å². The molecule has 182 valence electrons. The van der Waals surface area contributed by atoms with Crippen molar-refractivity contribution >= 4 is 36.5 Å². The molecule has 1 saturated heterocycles. The fourth-order valence-corrected chi connectivity index (χ4v) is 9.03. The molecule has 0 saturated carbocycles. The molecule has 0 aliphatic carbocycles. The van der Waals surface area contributed by atoms with Gasteiger partial charge < -0.3 is 19.4 Å². The van der Waals surface area contributed by atoms with Crippen molar-refractivity contribution in [2.75, 3.05) is 19.7 Å². The van der Waals surface area contributed by atoms with Gasteiger partial charge in [0, 0.05) is 32.9 Å². The van der Waals surface area contributed by atoms with Gasteiger partial charge in [-0.15, -0.1) is 0 Å². The van der Waals surface area contributed by atoms with E-state index in [1.165, 1.54) is 6.92 Å². The van der Waals surface area contributed by atoms with Crippen LogP contribution in [0.1, 0.15) is 40.5 Å². The van der Waals surface area contributed by atoms with Crippen LogP contribution in [0.15, 0.2) is 60.7 Å². The quantitative estimate of drug-likeness (QED) is 0.319. The monoisotopic (exact) mass is 482 g/mol. The van der Waals surface area contributed by atoms with Gasteiger partial charge in [0.2, 0.25) is 5.91 Å². The Bertz CT molecular complexity index is 952. The maximum absolute atomic E-state index is 12.5. The lowest BCUT2D eigenvalue weighted by Crippen LogP contribution is -2.70. The number of nitrogens with zero attached hydrogens (tertiary/aromatic N) is 1. The number of benzene rings is 2. The largest absolute Gasteiger partial charge is 0.456 e. The summed E-state index contributed by atoms with van der Waals surface area (Å²) in [4.78, 5) is 37.2. The molecule has 0 unspecified atom stereocenters. The van der Waals surface area contributed by atoms with Crippen molar-refractivity contribution in [3.63, 3.8) is 0 Å². The molecule has 1 atom stereocenters. The summed E-state index contributed by atoms with van der Waals surface area (Å²) in [6.07, 6.45) is 0.447. The molecule has 1 aliphatic rings. The van der Waals surface area contributed by atoms with E-state index < -0.39 is 20.5 Å². The third-order valence-electron chi connectivity index (χ3n) is 6.08. The lowest BCUT2D eigenvalue weighted by molar-refractivity contribution is -0.152. The van der Waals surface area contributed by atoms with Crippen LogP contribution in [0.4, 0.5) is 0 Å². The van der Waals surface area contributed by atoms with Crippen molar-refractivity contribution in [1.29, 1.82) is 0 Å². The normalized spacial score (nSPS) is 14.8. The number of carbonyl (C=O) groups is 3. The van der Waals surface area contributed by atoms with Crippen LogP contribution in [-0.4, -0.2) is 56.9 Å². The van der Waals surface area contributed by atoms with Crippen molar-refractivity contribution in [3.8, 4) is 0 Å². The molecule has 0 spiro atoms. The molecule has 0 aromatic heterocycles. The van der Waals surface area contributed by atoms with E-state index in [9.17, 15) is 14.4 Å². The standard InChI is InChI=1S/C26H34N2O5Si/c1-20(29)32-19-23(30)27-17-15-25(28-18-16-24(28)31)33-34(26(2,3)4,21-11-7-5-8-12-21)22-13-9-6-10-14-22/h5-14,25H,15-19H2,1-4H3,(H,27,30)/t25-/m1/s1. The third kappa shape index (κ3) is 5.74. The fourth-order valence-electron chi connectivity index (χ4n) is 4.36. The zero-order chi connectivity index (χ0) is 24.8. The zero-order valence-corrected chi connectivity index (χ0v) is 21.4. The smallest absolute Gasteiger partial charge is 0.303 e. The maximum Gasteiger partial charge on any atom is 0.303 e. The Kier molecular flexibility index (Phi) is 8.27. The lowest BCUT2D eigenvalue weighted by Gasteiger charge is -2.48. The van der Waals surface area contributed by atoms with E-state index in [1.54, 1.807) is 4.90 Å². The summed E-state index contributed by atoms with van der Waals surface area (Å²) in [5.74, 6) is -0.835. The van der Waals surface area contributed by atoms with Crippen LogP contribution in [0.3, 0.4) is 0 Å². The number of hydrogen-bond donors (Lipinski definition) is 1. The average molecular weight is 483 g/mol. The Morgan fingerprint density at radius 1 is 1.03 bits per heavy atom. The van der Waals surface area contributed by atoms with Gasteiger partial charge in [0.25, 0.3) is 14.2 Å². The van der Waals surface area contributed by atoms with E-state index in [1.807, 2.05) is 36.4 Å². The minimum Gasteiger partial charge on any atom is -0.456 e. The van der Waals surface area contributed by atoms with Crippen molar-refractivity contribution < 1.29 is 23.5 Å². The zero-order valence-electron chi connectivity index (χ0n) is 20.4. The first-order chi connectivity index (χ1) is 16.1. The SMILES string of the molecule is CC(=O)OCC(=O)NCC[C@@H](O[Si](c1ccccc1)(c1ccccc1)C(C)(C)C)N1CCC1=O. The van der Waals surface area contributed by atoms with Crippen molar-refractivity contribution in [2.45, 2.75) is 51.8 Å².